The van der Waals surface area contributed by atoms with Crippen molar-refractivity contribution in [2.45, 2.75) is 13.5 Å². The van der Waals surface area contributed by atoms with Crippen molar-refractivity contribution in [1.29, 1.82) is 0 Å². The van der Waals surface area contributed by atoms with E-state index in [1.165, 1.54) is 5.56 Å². The van der Waals surface area contributed by atoms with Gasteiger partial charge in [-0.2, -0.15) is 0 Å². The lowest BCUT2D eigenvalue weighted by Gasteiger charge is -2.29. The molecule has 5 heteroatoms. The van der Waals surface area contributed by atoms with Crippen LogP contribution in [0.25, 0.3) is 0 Å². The molecular weight excluding hydrogens is 288 g/mol. The fourth-order valence-corrected chi connectivity index (χ4v) is 2.66. The van der Waals surface area contributed by atoms with Crippen LogP contribution in [0.15, 0.2) is 35.3 Å². The Kier molecular flexibility index (Phi) is 7.36. The molecule has 1 atom stereocenters. The first kappa shape index (κ1) is 17.8. The number of rotatable bonds is 6. The summed E-state index contributed by atoms with van der Waals surface area (Å²) < 4.78 is 5.40. The van der Waals surface area contributed by atoms with Crippen LogP contribution in [0.5, 0.6) is 0 Å². The van der Waals surface area contributed by atoms with Crippen molar-refractivity contribution >= 4 is 5.96 Å². The van der Waals surface area contributed by atoms with E-state index < -0.39 is 0 Å². The fraction of sp³-hybridized carbons (Fsp3) is 0.611. The number of ether oxygens (including phenoxy) is 1. The number of aliphatic imine (C=N–C) groups is 1. The highest BCUT2D eigenvalue weighted by Crippen LogP contribution is 2.04. The minimum atomic E-state index is 0.579. The van der Waals surface area contributed by atoms with Gasteiger partial charge < -0.3 is 15.0 Å². The second-order valence-corrected chi connectivity index (χ2v) is 6.42. The average Bonchev–Trinajstić information content (AvgIpc) is 2.56. The van der Waals surface area contributed by atoms with Gasteiger partial charge in [0.25, 0.3) is 0 Å². The molecule has 128 valence electrons. The predicted molar refractivity (Wildman–Crippen MR) is 95.7 cm³/mol. The molecule has 1 saturated heterocycles. The summed E-state index contributed by atoms with van der Waals surface area (Å²) in [5, 5.41) is 3.50. The van der Waals surface area contributed by atoms with E-state index in [4.69, 9.17) is 9.73 Å². The van der Waals surface area contributed by atoms with Gasteiger partial charge in [0.2, 0.25) is 0 Å². The molecule has 0 bridgehead atoms. The standard InChI is InChI=1S/C18H30N4O/c1-16(15-22-9-11-23-12-10-22)13-19-18(21(2)3)20-14-17-7-5-4-6-8-17/h4-8,16H,9-15H2,1-3H3,(H,19,20). The fourth-order valence-electron chi connectivity index (χ4n) is 2.66. The highest BCUT2D eigenvalue weighted by atomic mass is 16.5. The topological polar surface area (TPSA) is 40.1 Å². The molecular formula is C18H30N4O. The summed E-state index contributed by atoms with van der Waals surface area (Å²) in [4.78, 5) is 9.23. The van der Waals surface area contributed by atoms with E-state index in [-0.39, 0.29) is 0 Å². The van der Waals surface area contributed by atoms with Gasteiger partial charge in [0.1, 0.15) is 0 Å². The molecule has 5 nitrogen and oxygen atoms in total. The van der Waals surface area contributed by atoms with Crippen LogP contribution in [0.4, 0.5) is 0 Å². The molecule has 1 unspecified atom stereocenters. The largest absolute Gasteiger partial charge is 0.379 e. The maximum Gasteiger partial charge on any atom is 0.193 e. The minimum Gasteiger partial charge on any atom is -0.379 e. The summed E-state index contributed by atoms with van der Waals surface area (Å²) in [6, 6.07) is 10.4. The molecule has 1 aromatic carbocycles. The van der Waals surface area contributed by atoms with Crippen LogP contribution in [0.2, 0.25) is 0 Å². The van der Waals surface area contributed by atoms with Gasteiger partial charge in [-0.25, -0.2) is 4.99 Å². The Morgan fingerprint density at radius 2 is 1.96 bits per heavy atom. The van der Waals surface area contributed by atoms with Gasteiger partial charge in [-0.05, 0) is 11.5 Å². The van der Waals surface area contributed by atoms with Crippen molar-refractivity contribution < 1.29 is 4.74 Å². The normalized spacial score (nSPS) is 17.8. The first-order valence-electron chi connectivity index (χ1n) is 8.45. The van der Waals surface area contributed by atoms with Crippen LogP contribution in [0, 0.1) is 5.92 Å². The third-order valence-corrected chi connectivity index (χ3v) is 3.96. The number of nitrogens with one attached hydrogen (secondary N) is 1. The first-order chi connectivity index (χ1) is 11.1. The van der Waals surface area contributed by atoms with Crippen LogP contribution >= 0.6 is 0 Å². The number of nitrogens with zero attached hydrogens (tertiary/aromatic N) is 3. The Hall–Kier alpha value is -1.59. The van der Waals surface area contributed by atoms with Crippen molar-refractivity contribution in [1.82, 2.24) is 15.1 Å². The molecule has 0 saturated carbocycles. The molecule has 0 spiro atoms. The third-order valence-electron chi connectivity index (χ3n) is 3.96. The lowest BCUT2D eigenvalue weighted by molar-refractivity contribution is 0.0320. The lowest BCUT2D eigenvalue weighted by Crippen LogP contribution is -2.43. The zero-order valence-electron chi connectivity index (χ0n) is 14.7. The lowest BCUT2D eigenvalue weighted by atomic mass is 10.1. The summed E-state index contributed by atoms with van der Waals surface area (Å²) in [6.07, 6.45) is 0. The summed E-state index contributed by atoms with van der Waals surface area (Å²) in [6.45, 7) is 8.86. The highest BCUT2D eigenvalue weighted by Gasteiger charge is 2.14. The van der Waals surface area contributed by atoms with E-state index in [1.807, 2.05) is 25.1 Å². The van der Waals surface area contributed by atoms with E-state index in [2.05, 4.69) is 41.4 Å². The predicted octanol–water partition coefficient (Wildman–Crippen LogP) is 1.66. The summed E-state index contributed by atoms with van der Waals surface area (Å²) in [5.41, 5.74) is 1.23. The zero-order valence-corrected chi connectivity index (χ0v) is 14.7. The maximum absolute atomic E-state index is 5.40. The van der Waals surface area contributed by atoms with Crippen LogP contribution in [0.1, 0.15) is 12.5 Å². The Bertz CT molecular complexity index is 469. The van der Waals surface area contributed by atoms with Crippen LogP contribution in [-0.4, -0.2) is 69.2 Å². The average molecular weight is 318 g/mol. The van der Waals surface area contributed by atoms with Gasteiger partial charge in [-0.1, -0.05) is 37.3 Å². The van der Waals surface area contributed by atoms with E-state index in [0.717, 1.165) is 45.4 Å². The van der Waals surface area contributed by atoms with Gasteiger partial charge >= 0.3 is 0 Å². The SMILES string of the molecule is CC(CNC(=NCc1ccccc1)N(C)C)CN1CCOCC1. The van der Waals surface area contributed by atoms with Crippen molar-refractivity contribution in [3.05, 3.63) is 35.9 Å². The molecule has 1 N–H and O–H groups in total. The van der Waals surface area contributed by atoms with Crippen molar-refractivity contribution in [2.24, 2.45) is 10.9 Å². The first-order valence-corrected chi connectivity index (χ1v) is 8.45. The van der Waals surface area contributed by atoms with Crippen molar-refractivity contribution in [3.63, 3.8) is 0 Å². The van der Waals surface area contributed by atoms with E-state index >= 15 is 0 Å². The third kappa shape index (κ3) is 6.59. The number of benzene rings is 1. The summed E-state index contributed by atoms with van der Waals surface area (Å²) in [5.74, 6) is 1.53. The minimum absolute atomic E-state index is 0.579. The molecule has 0 aromatic heterocycles. The van der Waals surface area contributed by atoms with Crippen molar-refractivity contribution in [3.8, 4) is 0 Å². The van der Waals surface area contributed by atoms with E-state index in [9.17, 15) is 0 Å². The van der Waals surface area contributed by atoms with Gasteiger partial charge in [-0.15, -0.1) is 0 Å². The zero-order chi connectivity index (χ0) is 16.5. The Morgan fingerprint density at radius 1 is 1.26 bits per heavy atom. The van der Waals surface area contributed by atoms with Crippen LogP contribution in [0.3, 0.4) is 0 Å². The number of guanidine groups is 1. The maximum atomic E-state index is 5.40. The van der Waals surface area contributed by atoms with Crippen molar-refractivity contribution in [2.75, 3.05) is 53.5 Å². The second kappa shape index (κ2) is 9.53. The molecule has 1 fully saturated rings. The summed E-state index contributed by atoms with van der Waals surface area (Å²) in [7, 11) is 4.06. The van der Waals surface area contributed by atoms with Gasteiger partial charge in [0.15, 0.2) is 5.96 Å². The van der Waals surface area contributed by atoms with E-state index in [1.54, 1.807) is 0 Å². The quantitative estimate of drug-likeness (QED) is 0.640. The van der Waals surface area contributed by atoms with Crippen LogP contribution in [-0.2, 0) is 11.3 Å². The molecule has 2 rings (SSSR count). The molecule has 0 radical (unpaired) electrons. The molecule has 1 aromatic rings. The molecule has 1 aliphatic rings. The molecule has 1 heterocycles. The smallest absolute Gasteiger partial charge is 0.193 e. The molecule has 1 aliphatic heterocycles. The van der Waals surface area contributed by atoms with Gasteiger partial charge in [0, 0.05) is 40.3 Å². The van der Waals surface area contributed by atoms with Crippen LogP contribution < -0.4 is 5.32 Å². The Morgan fingerprint density at radius 3 is 2.61 bits per heavy atom. The Balaban J connectivity index is 1.79. The Labute approximate surface area is 140 Å². The van der Waals surface area contributed by atoms with E-state index in [0.29, 0.717) is 12.5 Å². The summed E-state index contributed by atoms with van der Waals surface area (Å²) >= 11 is 0. The monoisotopic (exact) mass is 318 g/mol. The molecule has 23 heavy (non-hydrogen) atoms. The second-order valence-electron chi connectivity index (χ2n) is 6.42. The highest BCUT2D eigenvalue weighted by molar-refractivity contribution is 5.79. The van der Waals surface area contributed by atoms with Gasteiger partial charge in [-0.3, -0.25) is 4.90 Å². The number of hydrogen-bond donors (Lipinski definition) is 1. The number of morpholine rings is 1. The number of hydrogen-bond acceptors (Lipinski definition) is 3. The molecule has 0 aliphatic carbocycles. The van der Waals surface area contributed by atoms with Gasteiger partial charge in [0.05, 0.1) is 19.8 Å². The molecule has 0 amide bonds.